The number of para-hydroxylation sites is 1. The van der Waals surface area contributed by atoms with Crippen LogP contribution in [0.5, 0.6) is 5.88 Å². The molecule has 0 atom stereocenters. The number of hydrogen-bond donors (Lipinski definition) is 3. The summed E-state index contributed by atoms with van der Waals surface area (Å²) < 4.78 is 4.66. The van der Waals surface area contributed by atoms with Gasteiger partial charge in [0.05, 0.1) is 16.8 Å². The zero-order valence-corrected chi connectivity index (χ0v) is 17.3. The maximum absolute atomic E-state index is 12.6. The molecule has 1 aromatic carbocycles. The summed E-state index contributed by atoms with van der Waals surface area (Å²) in [6, 6.07) is 7.64. The van der Waals surface area contributed by atoms with E-state index < -0.39 is 0 Å². The first-order chi connectivity index (χ1) is 14.1. The number of Topliss-reactive ketones (excluding diaryl/α,β-unsaturated/α-hetero) is 1. The highest BCUT2D eigenvalue weighted by Gasteiger charge is 2.33. The number of nitrogens with one attached hydrogen (secondary N) is 2. The number of carbonyl (C=O) groups excluding carboxylic acids is 2. The molecule has 2 aliphatic rings. The minimum Gasteiger partial charge on any atom is -0.494 e. The maximum Gasteiger partial charge on any atom is 0.214 e. The number of ketones is 1. The standard InChI is InChI=1S/C17H14N2O2.C4H10N2OS/c1-19-13-9-5-3-7-11(13)14(17(19)21)15-16(20)10-6-2-4-8-12(10)18-15;1-8-6-3-2-5-4-7/h3,5-9,21H,2,4H2,1H3;4,6H,2-3H2,1H3,(H,5,7). The maximum atomic E-state index is 12.6. The van der Waals surface area contributed by atoms with Crippen molar-refractivity contribution in [1.82, 2.24) is 14.6 Å². The highest BCUT2D eigenvalue weighted by atomic mass is 32.2. The summed E-state index contributed by atoms with van der Waals surface area (Å²) in [5.74, 6) is -0.00394. The number of nitrogens with zero attached hydrogens (tertiary/aromatic N) is 2. The summed E-state index contributed by atoms with van der Waals surface area (Å²) >= 11 is 1.55. The van der Waals surface area contributed by atoms with Gasteiger partial charge in [0.2, 0.25) is 18.1 Å². The van der Waals surface area contributed by atoms with Crippen LogP contribution >= 0.6 is 11.9 Å². The van der Waals surface area contributed by atoms with Gasteiger partial charge in [-0.3, -0.25) is 14.3 Å². The number of allylic oxidation sites excluding steroid dienone is 3. The molecule has 29 heavy (non-hydrogen) atoms. The van der Waals surface area contributed by atoms with E-state index in [0.717, 1.165) is 36.0 Å². The van der Waals surface area contributed by atoms with Crippen LogP contribution in [-0.2, 0) is 16.6 Å². The number of aromatic nitrogens is 1. The first-order valence-electron chi connectivity index (χ1n) is 9.33. The van der Waals surface area contributed by atoms with Gasteiger partial charge in [-0.25, -0.2) is 4.99 Å². The number of aryl methyl sites for hydroxylation is 1. The number of aromatic hydroxyl groups is 1. The van der Waals surface area contributed by atoms with Crippen LogP contribution in [0, 0.1) is 0 Å². The largest absolute Gasteiger partial charge is 0.494 e. The number of amides is 1. The molecule has 1 aliphatic heterocycles. The molecule has 0 unspecified atom stereocenters. The molecule has 3 N–H and O–H groups in total. The molecule has 0 radical (unpaired) electrons. The Kier molecular flexibility index (Phi) is 6.90. The summed E-state index contributed by atoms with van der Waals surface area (Å²) in [5.41, 5.74) is 3.19. The van der Waals surface area contributed by atoms with E-state index in [1.54, 1.807) is 23.6 Å². The Balaban J connectivity index is 0.000000258. The Bertz CT molecular complexity index is 1020. The smallest absolute Gasteiger partial charge is 0.214 e. The Morgan fingerprint density at radius 3 is 2.72 bits per heavy atom. The third-order valence-corrected chi connectivity index (χ3v) is 5.23. The average Bonchev–Trinajstić information content (AvgIpc) is 3.20. The van der Waals surface area contributed by atoms with Crippen molar-refractivity contribution in [3.05, 3.63) is 53.3 Å². The van der Waals surface area contributed by atoms with Gasteiger partial charge in [0.15, 0.2) is 0 Å². The predicted molar refractivity (Wildman–Crippen MR) is 117 cm³/mol. The number of rotatable bonds is 6. The molecule has 0 bridgehead atoms. The van der Waals surface area contributed by atoms with Crippen LogP contribution < -0.4 is 10.0 Å². The van der Waals surface area contributed by atoms with Gasteiger partial charge in [0.25, 0.3) is 0 Å². The lowest BCUT2D eigenvalue weighted by Crippen LogP contribution is -2.21. The molecule has 0 fully saturated rings. The molecule has 2 heterocycles. The molecule has 0 saturated carbocycles. The summed E-state index contributed by atoms with van der Waals surface area (Å²) in [6.45, 7) is 1.52. The van der Waals surface area contributed by atoms with Gasteiger partial charge in [-0.05, 0) is 25.2 Å². The lowest BCUT2D eigenvalue weighted by Gasteiger charge is -2.03. The highest BCUT2D eigenvalue weighted by molar-refractivity contribution is 7.96. The summed E-state index contributed by atoms with van der Waals surface area (Å²) in [6.07, 6.45) is 8.35. The summed E-state index contributed by atoms with van der Waals surface area (Å²) in [7, 11) is 1.78. The quantitative estimate of drug-likeness (QED) is 0.385. The van der Waals surface area contributed by atoms with Crippen LogP contribution in [0.4, 0.5) is 0 Å². The number of carbonyl (C=O) groups is 2. The van der Waals surface area contributed by atoms with E-state index in [1.807, 2.05) is 42.7 Å². The molecule has 152 valence electrons. The average molecular weight is 413 g/mol. The van der Waals surface area contributed by atoms with E-state index in [-0.39, 0.29) is 11.7 Å². The third-order valence-electron chi connectivity index (χ3n) is 4.73. The monoisotopic (exact) mass is 412 g/mol. The second kappa shape index (κ2) is 9.58. The van der Waals surface area contributed by atoms with Crippen molar-refractivity contribution < 1.29 is 14.7 Å². The molecule has 4 rings (SSSR count). The predicted octanol–water partition coefficient (Wildman–Crippen LogP) is 2.46. The van der Waals surface area contributed by atoms with E-state index in [0.29, 0.717) is 29.8 Å². The van der Waals surface area contributed by atoms with Crippen LogP contribution in [0.15, 0.2) is 52.7 Å². The molecule has 0 saturated heterocycles. The van der Waals surface area contributed by atoms with Crippen LogP contribution in [0.3, 0.4) is 0 Å². The second-order valence-electron chi connectivity index (χ2n) is 6.52. The molecule has 0 spiro atoms. The first kappa shape index (κ1) is 20.9. The third kappa shape index (κ3) is 4.28. The lowest BCUT2D eigenvalue weighted by molar-refractivity contribution is -0.110. The van der Waals surface area contributed by atoms with Gasteiger partial charge in [0, 0.05) is 31.1 Å². The van der Waals surface area contributed by atoms with Gasteiger partial charge in [-0.2, -0.15) is 0 Å². The number of hydrogen-bond acceptors (Lipinski definition) is 6. The molecule has 7 nitrogen and oxygen atoms in total. The Morgan fingerprint density at radius 1 is 1.24 bits per heavy atom. The van der Waals surface area contributed by atoms with E-state index in [1.165, 1.54) is 0 Å². The van der Waals surface area contributed by atoms with Gasteiger partial charge >= 0.3 is 0 Å². The fourth-order valence-corrected chi connectivity index (χ4v) is 3.65. The van der Waals surface area contributed by atoms with E-state index in [4.69, 9.17) is 0 Å². The molecular weight excluding hydrogens is 388 g/mol. The van der Waals surface area contributed by atoms with Crippen molar-refractivity contribution >= 4 is 40.8 Å². The zero-order valence-electron chi connectivity index (χ0n) is 16.4. The second-order valence-corrected chi connectivity index (χ2v) is 7.22. The van der Waals surface area contributed by atoms with E-state index in [9.17, 15) is 14.7 Å². The normalized spacial score (nSPS) is 15.1. The summed E-state index contributed by atoms with van der Waals surface area (Å²) in [4.78, 5) is 26.7. The van der Waals surface area contributed by atoms with Crippen molar-refractivity contribution in [1.29, 1.82) is 0 Å². The first-order valence-corrected chi connectivity index (χ1v) is 10.6. The van der Waals surface area contributed by atoms with Crippen molar-refractivity contribution in [2.45, 2.75) is 12.8 Å². The Morgan fingerprint density at radius 2 is 2.00 bits per heavy atom. The lowest BCUT2D eigenvalue weighted by atomic mass is 9.98. The van der Waals surface area contributed by atoms with E-state index in [2.05, 4.69) is 15.0 Å². The zero-order chi connectivity index (χ0) is 20.8. The molecule has 1 aromatic heterocycles. The van der Waals surface area contributed by atoms with E-state index >= 15 is 0 Å². The minimum absolute atomic E-state index is 0.0862. The molecular formula is C21H24N4O3S. The van der Waals surface area contributed by atoms with Crippen LogP contribution in [0.2, 0.25) is 0 Å². The fraction of sp³-hybridized carbons (Fsp3) is 0.286. The number of fused-ring (bicyclic) bond motifs is 2. The number of aliphatic imine (C=N–C) groups is 1. The van der Waals surface area contributed by atoms with Gasteiger partial charge in [-0.1, -0.05) is 42.3 Å². The Hall–Kier alpha value is -2.84. The molecule has 1 amide bonds. The van der Waals surface area contributed by atoms with Crippen molar-refractivity contribution in [3.63, 3.8) is 0 Å². The van der Waals surface area contributed by atoms with Gasteiger partial charge in [0.1, 0.15) is 5.71 Å². The van der Waals surface area contributed by atoms with Crippen molar-refractivity contribution in [2.75, 3.05) is 19.3 Å². The van der Waals surface area contributed by atoms with Gasteiger partial charge < -0.3 is 15.0 Å². The fourth-order valence-electron chi connectivity index (χ4n) is 3.34. The SMILES string of the molecule is CSNCCNC=O.Cn1c(O)c(C2=NC3=CCCC=C3C2=O)c2ccccc21. The van der Waals surface area contributed by atoms with Crippen molar-refractivity contribution in [2.24, 2.45) is 12.0 Å². The highest BCUT2D eigenvalue weighted by Crippen LogP contribution is 2.36. The van der Waals surface area contributed by atoms with Gasteiger partial charge in [-0.15, -0.1) is 0 Å². The van der Waals surface area contributed by atoms with Crippen LogP contribution in [0.1, 0.15) is 18.4 Å². The number of benzene rings is 1. The minimum atomic E-state index is -0.0902. The van der Waals surface area contributed by atoms with Crippen LogP contribution in [0.25, 0.3) is 10.9 Å². The van der Waals surface area contributed by atoms with Crippen LogP contribution in [-0.4, -0.2) is 46.9 Å². The topological polar surface area (TPSA) is 95.7 Å². The molecule has 8 heteroatoms. The van der Waals surface area contributed by atoms with Crippen molar-refractivity contribution in [3.8, 4) is 5.88 Å². The Labute approximate surface area is 173 Å². The molecule has 2 aromatic rings. The summed E-state index contributed by atoms with van der Waals surface area (Å²) in [5, 5.41) is 13.8. The molecule has 1 aliphatic carbocycles.